The second kappa shape index (κ2) is 21.9. The molecule has 0 amide bonds. The Balaban J connectivity index is 0.913. The fourth-order valence-corrected chi connectivity index (χ4v) is 9.70. The molecule has 0 radical (unpaired) electrons. The molecule has 400 valence electrons. The predicted molar refractivity (Wildman–Crippen MR) is 244 cm³/mol. The molecule has 9 heterocycles. The fraction of sp³-hybridized carbons (Fsp3) is 0.575. The highest BCUT2D eigenvalue weighted by molar-refractivity contribution is 7.52. The lowest BCUT2D eigenvalue weighted by atomic mass is 10.1. The summed E-state index contributed by atoms with van der Waals surface area (Å²) in [6, 6.07) is 0. The molecule has 15 unspecified atom stereocenters. The zero-order valence-electron chi connectivity index (χ0n) is 39.4. The van der Waals surface area contributed by atoms with Gasteiger partial charge in [0.2, 0.25) is 0 Å². The van der Waals surface area contributed by atoms with Crippen molar-refractivity contribution < 1.29 is 86.6 Å². The number of nitrogens with two attached hydrogens (primary N) is 3. The normalized spacial score (nSPS) is 28.8. The number of nitrogen functional groups attached to an aromatic ring is 3. The van der Waals surface area contributed by atoms with Crippen LogP contribution in [-0.4, -0.2) is 217 Å². The Kier molecular flexibility index (Phi) is 15.5. The summed E-state index contributed by atoms with van der Waals surface area (Å²) in [5.74, 6) is -2.10. The van der Waals surface area contributed by atoms with E-state index in [1.165, 1.54) is 65.9 Å². The first kappa shape index (κ1) is 52.6. The van der Waals surface area contributed by atoms with Gasteiger partial charge in [-0.2, -0.15) is 0 Å². The molecule has 11 N–H and O–H groups in total. The van der Waals surface area contributed by atoms with Crippen molar-refractivity contribution in [1.29, 1.82) is 0 Å². The maximum absolute atomic E-state index is 14.1. The molecule has 0 saturated carbocycles. The van der Waals surface area contributed by atoms with Gasteiger partial charge >= 0.3 is 19.5 Å². The van der Waals surface area contributed by atoms with Gasteiger partial charge in [0.1, 0.15) is 72.2 Å². The number of carbonyl (C=O) groups is 2. The number of anilines is 3. The summed E-state index contributed by atoms with van der Waals surface area (Å²) in [5.41, 5.74) is 19.2. The number of aliphatic hydroxyl groups excluding tert-OH is 4. The van der Waals surface area contributed by atoms with E-state index < -0.39 is 132 Å². The van der Waals surface area contributed by atoms with Crippen molar-refractivity contribution in [3.05, 3.63) is 38.0 Å². The van der Waals surface area contributed by atoms with Gasteiger partial charge in [-0.05, 0) is 6.42 Å². The van der Waals surface area contributed by atoms with E-state index in [1.807, 2.05) is 0 Å². The predicted octanol–water partition coefficient (Wildman–Crippen LogP) is -3.50. The van der Waals surface area contributed by atoms with E-state index in [1.54, 1.807) is 0 Å². The Bertz CT molecular complexity index is 3000. The molecular weight excluding hydrogens is 1010 g/mol. The Labute approximate surface area is 416 Å². The topological polar surface area (TPSA) is 454 Å². The molecule has 0 aromatic carbocycles. The lowest BCUT2D eigenvalue weighted by Gasteiger charge is -2.27. The summed E-state index contributed by atoms with van der Waals surface area (Å²) < 4.78 is 75.2. The summed E-state index contributed by atoms with van der Waals surface area (Å²) in [7, 11) is -0.346. The fourth-order valence-electron chi connectivity index (χ4n) is 8.93. The van der Waals surface area contributed by atoms with Crippen molar-refractivity contribution in [3.8, 4) is 0 Å². The number of carbonyl (C=O) groups excluding carboxylic acids is 2. The van der Waals surface area contributed by atoms with Crippen LogP contribution in [0.1, 0.15) is 25.1 Å². The van der Waals surface area contributed by atoms with Crippen molar-refractivity contribution in [1.82, 2.24) is 58.6 Å². The van der Waals surface area contributed by atoms with Gasteiger partial charge in [-0.15, -0.1) is 0 Å². The number of imidazole rings is 3. The number of hydrogen-bond acceptors (Lipinski definition) is 29. The molecule has 6 aromatic heterocycles. The molecule has 6 aromatic rings. The van der Waals surface area contributed by atoms with Crippen molar-refractivity contribution in [3.63, 3.8) is 0 Å². The monoisotopic (exact) mass is 1060 g/mol. The minimum absolute atomic E-state index is 0.0164. The molecule has 3 saturated heterocycles. The highest BCUT2D eigenvalue weighted by Gasteiger charge is 2.53. The van der Waals surface area contributed by atoms with Crippen molar-refractivity contribution in [2.45, 2.75) is 92.2 Å². The van der Waals surface area contributed by atoms with E-state index in [0.717, 1.165) is 7.11 Å². The molecule has 3 aliphatic rings. The molecule has 3 aliphatic heterocycles. The highest BCUT2D eigenvalue weighted by Crippen LogP contribution is 2.45. The van der Waals surface area contributed by atoms with Crippen molar-refractivity contribution >= 4 is 70.5 Å². The molecular formula is C40H52N15O18P. The summed E-state index contributed by atoms with van der Waals surface area (Å²) >= 11 is 0. The zero-order chi connectivity index (χ0) is 52.6. The Morgan fingerprint density at radius 1 is 0.608 bits per heavy atom. The van der Waals surface area contributed by atoms with Crippen LogP contribution in [0.25, 0.3) is 33.5 Å². The van der Waals surface area contributed by atoms with Crippen LogP contribution in [0, 0.1) is 0 Å². The smallest absolute Gasteiger partial charge is 0.338 e. The Morgan fingerprint density at radius 2 is 1.01 bits per heavy atom. The summed E-state index contributed by atoms with van der Waals surface area (Å²) in [6.07, 6.45) is -11.6. The number of esters is 2. The highest BCUT2D eigenvalue weighted by atomic mass is 31.2. The van der Waals surface area contributed by atoms with Crippen molar-refractivity contribution in [2.24, 2.45) is 0 Å². The van der Waals surface area contributed by atoms with E-state index in [4.69, 9.17) is 64.4 Å². The van der Waals surface area contributed by atoms with Gasteiger partial charge in [-0.3, -0.25) is 18.3 Å². The molecule has 15 atom stereocenters. The van der Waals surface area contributed by atoms with Crippen LogP contribution >= 0.6 is 7.60 Å². The quantitative estimate of drug-likeness (QED) is 0.0256. The molecule has 0 bridgehead atoms. The number of aromatic nitrogens is 12. The Hall–Kier alpha value is -6.30. The number of methoxy groups -OCH3 is 2. The third-order valence-electron chi connectivity index (χ3n) is 12.7. The molecule has 34 heteroatoms. The number of ether oxygens (including phenoxy) is 9. The van der Waals surface area contributed by atoms with Crippen LogP contribution in [-0.2, 0) is 61.3 Å². The average molecular weight is 1060 g/mol. The van der Waals surface area contributed by atoms with E-state index in [-0.39, 0.29) is 63.5 Å². The first-order valence-electron chi connectivity index (χ1n) is 22.5. The lowest BCUT2D eigenvalue weighted by Crippen LogP contribution is -2.44. The van der Waals surface area contributed by atoms with Gasteiger partial charge < -0.3 is 89.7 Å². The van der Waals surface area contributed by atoms with E-state index in [2.05, 4.69) is 44.9 Å². The van der Waals surface area contributed by atoms with Crippen LogP contribution < -0.4 is 17.2 Å². The van der Waals surface area contributed by atoms with Gasteiger partial charge in [0.15, 0.2) is 77.5 Å². The number of nitrogens with zero attached hydrogens (tertiary/aromatic N) is 12. The second-order valence-corrected chi connectivity index (χ2v) is 19.1. The van der Waals surface area contributed by atoms with Crippen LogP contribution in [0.2, 0.25) is 0 Å². The maximum Gasteiger partial charge on any atom is 0.338 e. The zero-order valence-corrected chi connectivity index (χ0v) is 40.3. The second-order valence-electron chi connectivity index (χ2n) is 17.0. The average Bonchev–Trinajstić information content (AvgIpc) is 4.26. The third kappa shape index (κ3) is 10.0. The number of fused-ring (bicyclic) bond motifs is 3. The minimum atomic E-state index is -4.03. The molecule has 0 spiro atoms. The molecule has 9 rings (SSSR count). The van der Waals surface area contributed by atoms with E-state index in [0.29, 0.717) is 0 Å². The van der Waals surface area contributed by atoms with Crippen LogP contribution in [0.3, 0.4) is 0 Å². The minimum Gasteiger partial charge on any atom is -0.453 e. The van der Waals surface area contributed by atoms with E-state index >= 15 is 0 Å². The van der Waals surface area contributed by atoms with Gasteiger partial charge in [-0.25, -0.2) is 54.4 Å². The molecule has 0 aliphatic carbocycles. The first-order valence-corrected chi connectivity index (χ1v) is 24.3. The van der Waals surface area contributed by atoms with Crippen molar-refractivity contribution in [2.75, 3.05) is 71.1 Å². The van der Waals surface area contributed by atoms with Crippen LogP contribution in [0.15, 0.2) is 38.0 Å². The summed E-state index contributed by atoms with van der Waals surface area (Å²) in [5, 5.41) is 42.9. The Morgan fingerprint density at radius 3 is 1.45 bits per heavy atom. The van der Waals surface area contributed by atoms with Gasteiger partial charge in [0.25, 0.3) is 0 Å². The lowest BCUT2D eigenvalue weighted by molar-refractivity contribution is -0.179. The van der Waals surface area contributed by atoms with Crippen LogP contribution in [0.4, 0.5) is 17.5 Å². The molecule has 3 fully saturated rings. The molecule has 33 nitrogen and oxygen atoms in total. The third-order valence-corrected chi connectivity index (χ3v) is 14.1. The summed E-state index contributed by atoms with van der Waals surface area (Å²) in [6.45, 7) is -2.91. The molecule has 74 heavy (non-hydrogen) atoms. The number of aliphatic hydroxyl groups is 4. The van der Waals surface area contributed by atoms with Gasteiger partial charge in [-0.1, -0.05) is 0 Å². The number of hydrogen-bond donors (Lipinski definition) is 8. The SMILES string of the molecule is COC1C(CCP(=O)(O)OC)OC(n2cnc3c(N)ncnc32)C1OC(=O)C(CO)OCC1OC(n2cnc3c(N)ncnc32)C(OC(=O)C(CO)OCC2OC(n3cnc4c(N)ncnc43)C(O)C2O)C1OC. The van der Waals surface area contributed by atoms with Gasteiger partial charge in [0, 0.05) is 21.3 Å². The first-order chi connectivity index (χ1) is 35.6. The van der Waals surface area contributed by atoms with Gasteiger partial charge in [0.05, 0.1) is 57.7 Å². The standard InChI is InChI=1S/C40H52N15O18P/c1-64-26-16(4-5-74(62,63)66-3)69-37(54-14-51-22-31(42)45-11-48-34(22)54)28(26)72-40(61)18(7-57)68-9-20-27(65-2)29(38(71-20)55-15-52-23-32(43)46-12-49-35(23)55)73-39(60)17(6-56)67-8-19-24(58)25(59)36(70-19)53-13-50-21-30(41)44-10-47-33(21)53/h10-20,24-29,36-38,56-59H,4-9H2,1-3H3,(H,62,63)(H2,41,44,47)(H2,42,45,48)(H2,43,46,49). The summed E-state index contributed by atoms with van der Waals surface area (Å²) in [4.78, 5) is 75.5. The van der Waals surface area contributed by atoms with E-state index in [9.17, 15) is 39.5 Å². The maximum atomic E-state index is 14.1. The largest absolute Gasteiger partial charge is 0.453 e. The van der Waals surface area contributed by atoms with Crippen LogP contribution in [0.5, 0.6) is 0 Å². The number of rotatable bonds is 21.